The van der Waals surface area contributed by atoms with Crippen LogP contribution < -0.4 is 0 Å². The fourth-order valence-corrected chi connectivity index (χ4v) is 9.34. The summed E-state index contributed by atoms with van der Waals surface area (Å²) in [6, 6.07) is 0. The van der Waals surface area contributed by atoms with Crippen LogP contribution in [0.5, 0.6) is 0 Å². The first kappa shape index (κ1) is 30.0. The molecule has 0 heterocycles. The van der Waals surface area contributed by atoms with Crippen LogP contribution in [0.3, 0.4) is 0 Å². The van der Waals surface area contributed by atoms with Crippen molar-refractivity contribution < 1.29 is 51.0 Å². The summed E-state index contributed by atoms with van der Waals surface area (Å²) in [5, 5.41) is 27.9. The lowest BCUT2D eigenvalue weighted by Gasteiger charge is -2.63. The Kier molecular flexibility index (Phi) is 8.02. The lowest BCUT2D eigenvalue weighted by Crippen LogP contribution is -2.62. The van der Waals surface area contributed by atoms with E-state index in [1.807, 2.05) is 6.92 Å². The molecule has 4 aliphatic rings. The molecule has 0 amide bonds. The van der Waals surface area contributed by atoms with Crippen molar-refractivity contribution in [1.82, 2.24) is 0 Å². The van der Waals surface area contributed by atoms with Crippen LogP contribution >= 0.6 is 0 Å². The van der Waals surface area contributed by atoms with Crippen molar-refractivity contribution in [3.05, 3.63) is 0 Å². The third-order valence-corrected chi connectivity index (χ3v) is 12.0. The Labute approximate surface area is 222 Å². The van der Waals surface area contributed by atoms with Crippen molar-refractivity contribution >= 4 is 16.1 Å². The number of hydrogen-bond acceptors (Lipinski definition) is 8. The Balaban J connectivity index is 1.45. The molecule has 0 aromatic heterocycles. The zero-order valence-electron chi connectivity index (χ0n) is 22.1. The molecule has 0 aromatic carbocycles. The van der Waals surface area contributed by atoms with E-state index < -0.39 is 64.1 Å². The minimum absolute atomic E-state index is 0.0488. The topological polar surface area (TPSA) is 144 Å². The molecule has 0 bridgehead atoms. The molecule has 4 fully saturated rings. The van der Waals surface area contributed by atoms with Crippen LogP contribution in [-0.4, -0.2) is 70.6 Å². The molecule has 4 saturated carbocycles. The smallest absolute Gasteiger partial charge is 0.364 e. The van der Waals surface area contributed by atoms with Gasteiger partial charge in [0.15, 0.2) is 16.3 Å². The number of carbonyl (C=O) groups is 1. The summed E-state index contributed by atoms with van der Waals surface area (Å²) in [7, 11) is -6.20. The van der Waals surface area contributed by atoms with Crippen molar-refractivity contribution in [2.45, 2.75) is 102 Å². The second-order valence-corrected chi connectivity index (χ2v) is 14.2. The van der Waals surface area contributed by atoms with E-state index in [1.165, 1.54) is 0 Å². The number of halogens is 3. The van der Waals surface area contributed by atoms with Crippen molar-refractivity contribution in [3.63, 3.8) is 0 Å². The first-order valence-corrected chi connectivity index (χ1v) is 15.0. The zero-order chi connectivity index (χ0) is 28.4. The van der Waals surface area contributed by atoms with E-state index in [1.54, 1.807) is 6.92 Å². The zero-order valence-corrected chi connectivity index (χ0v) is 22.9. The van der Waals surface area contributed by atoms with Gasteiger partial charge in [0.1, 0.15) is 0 Å². The SMILES string of the molecule is C[C@H](C(=O)OCCC(F)C(F)(F)S(=O)(=O)[O-])[C@H]1CCC2C3C(O)CC4CC(O)CC[C@]4(C)C3CC(O)[C@@]21C. The van der Waals surface area contributed by atoms with E-state index in [0.717, 1.165) is 6.42 Å². The largest absolute Gasteiger partial charge is 0.743 e. The number of carbonyl (C=O) groups excluding carboxylic acids is 1. The van der Waals surface area contributed by atoms with E-state index in [9.17, 15) is 46.3 Å². The van der Waals surface area contributed by atoms with Crippen LogP contribution in [0.4, 0.5) is 13.2 Å². The van der Waals surface area contributed by atoms with E-state index in [4.69, 9.17) is 4.74 Å². The Morgan fingerprint density at radius 1 is 1.11 bits per heavy atom. The Morgan fingerprint density at radius 3 is 2.39 bits per heavy atom. The fraction of sp³-hybridized carbons (Fsp3) is 0.962. The first-order valence-electron chi connectivity index (χ1n) is 13.6. The molecule has 0 saturated heterocycles. The van der Waals surface area contributed by atoms with Crippen molar-refractivity contribution in [2.24, 2.45) is 46.3 Å². The molecule has 12 heteroatoms. The van der Waals surface area contributed by atoms with Gasteiger partial charge in [0.25, 0.3) is 0 Å². The van der Waals surface area contributed by atoms with Gasteiger partial charge in [-0.05, 0) is 80.0 Å². The third-order valence-electron chi connectivity index (χ3n) is 11.1. The predicted octanol–water partition coefficient (Wildman–Crippen LogP) is 2.99. The monoisotopic (exact) mass is 569 g/mol. The van der Waals surface area contributed by atoms with E-state index in [-0.39, 0.29) is 41.1 Å². The summed E-state index contributed by atoms with van der Waals surface area (Å²) in [5.41, 5.74) is -0.805. The predicted molar refractivity (Wildman–Crippen MR) is 128 cm³/mol. The summed E-state index contributed by atoms with van der Waals surface area (Å²) in [6.07, 6.45) is -1.65. The Hall–Kier alpha value is -0.950. The maximum Gasteiger partial charge on any atom is 0.364 e. The molecule has 38 heavy (non-hydrogen) atoms. The Morgan fingerprint density at radius 2 is 1.76 bits per heavy atom. The van der Waals surface area contributed by atoms with Gasteiger partial charge in [0, 0.05) is 11.8 Å². The van der Waals surface area contributed by atoms with Crippen molar-refractivity contribution in [3.8, 4) is 0 Å². The van der Waals surface area contributed by atoms with Crippen LogP contribution in [0.15, 0.2) is 0 Å². The second-order valence-electron chi connectivity index (χ2n) is 12.8. The molecule has 0 spiro atoms. The number of ether oxygens (including phenoxy) is 1. The quantitative estimate of drug-likeness (QED) is 0.314. The molecule has 220 valence electrons. The Bertz CT molecular complexity index is 1010. The standard InChI is InChI=1S/C26H41F3O8S/c1-13(23(33)37-9-7-20(27)26(28,29)38(34,35)36)16-4-5-17-22-18(12-21(32)25(16,17)3)24(2)8-6-15(30)10-14(24)11-19(22)31/h13-22,30-32H,4-12H2,1-3H3,(H,34,35,36)/p-1/t13-,14?,15?,16+,17?,18?,19?,20?,21?,22?,24-,25+/m0/s1. The molecule has 0 radical (unpaired) electrons. The number of hydrogen-bond donors (Lipinski definition) is 3. The molecule has 8 unspecified atom stereocenters. The van der Waals surface area contributed by atoms with Crippen LogP contribution in [0.1, 0.15) is 72.1 Å². The molecular formula is C26H40F3O8S-. The van der Waals surface area contributed by atoms with E-state index in [0.29, 0.717) is 38.5 Å². The maximum atomic E-state index is 13.7. The van der Waals surface area contributed by atoms with Crippen LogP contribution in [-0.2, 0) is 19.6 Å². The van der Waals surface area contributed by atoms with Gasteiger partial charge in [-0.1, -0.05) is 20.8 Å². The van der Waals surface area contributed by atoms with Gasteiger partial charge in [0.2, 0.25) is 0 Å². The highest BCUT2D eigenvalue weighted by Crippen LogP contribution is 2.68. The molecule has 8 nitrogen and oxygen atoms in total. The molecule has 0 aromatic rings. The molecule has 12 atom stereocenters. The number of fused-ring (bicyclic) bond motifs is 5. The summed E-state index contributed by atoms with van der Waals surface area (Å²) in [4.78, 5) is 12.8. The molecular weight excluding hydrogens is 529 g/mol. The number of aliphatic hydroxyl groups is 3. The van der Waals surface area contributed by atoms with Crippen LogP contribution in [0, 0.1) is 46.3 Å². The molecule has 3 N–H and O–H groups in total. The van der Waals surface area contributed by atoms with Gasteiger partial charge in [-0.15, -0.1) is 0 Å². The average Bonchev–Trinajstić information content (AvgIpc) is 3.17. The summed E-state index contributed by atoms with van der Waals surface area (Å²) < 4.78 is 77.3. The van der Waals surface area contributed by atoms with Gasteiger partial charge < -0.3 is 24.6 Å². The van der Waals surface area contributed by atoms with Gasteiger partial charge in [-0.2, -0.15) is 8.78 Å². The normalized spacial score (nSPS) is 44.9. The van der Waals surface area contributed by atoms with Crippen LogP contribution in [0.2, 0.25) is 0 Å². The van der Waals surface area contributed by atoms with Gasteiger partial charge in [-0.3, -0.25) is 4.79 Å². The lowest BCUT2D eigenvalue weighted by molar-refractivity contribution is -0.208. The highest BCUT2D eigenvalue weighted by molar-refractivity contribution is 7.86. The molecule has 0 aliphatic heterocycles. The van der Waals surface area contributed by atoms with Gasteiger partial charge in [-0.25, -0.2) is 12.8 Å². The van der Waals surface area contributed by atoms with Crippen molar-refractivity contribution in [2.75, 3.05) is 6.61 Å². The average molecular weight is 570 g/mol. The second kappa shape index (κ2) is 10.2. The van der Waals surface area contributed by atoms with Crippen LogP contribution in [0.25, 0.3) is 0 Å². The van der Waals surface area contributed by atoms with E-state index >= 15 is 0 Å². The lowest BCUT2D eigenvalue weighted by atomic mass is 9.43. The third kappa shape index (κ3) is 4.69. The first-order chi connectivity index (χ1) is 17.5. The highest BCUT2D eigenvalue weighted by atomic mass is 32.2. The van der Waals surface area contributed by atoms with Crippen molar-refractivity contribution in [1.29, 1.82) is 0 Å². The molecule has 4 rings (SSSR count). The summed E-state index contributed by atoms with van der Waals surface area (Å²) in [6.45, 7) is 4.94. The molecule has 4 aliphatic carbocycles. The van der Waals surface area contributed by atoms with E-state index in [2.05, 4.69) is 6.92 Å². The minimum Gasteiger partial charge on any atom is -0.743 e. The highest BCUT2D eigenvalue weighted by Gasteiger charge is 2.66. The fourth-order valence-electron chi connectivity index (χ4n) is 8.91. The number of alkyl halides is 3. The summed E-state index contributed by atoms with van der Waals surface area (Å²) in [5.74, 6) is -1.71. The maximum absolute atomic E-state index is 13.7. The number of rotatable bonds is 7. The summed E-state index contributed by atoms with van der Waals surface area (Å²) >= 11 is 0. The van der Waals surface area contributed by atoms with Gasteiger partial charge >= 0.3 is 11.2 Å². The van der Waals surface area contributed by atoms with Gasteiger partial charge in [0.05, 0.1) is 30.8 Å². The minimum atomic E-state index is -6.20. The number of aliphatic hydroxyl groups excluding tert-OH is 3. The number of esters is 1.